The highest BCUT2D eigenvalue weighted by atomic mass is 35.5. The molecule has 0 saturated heterocycles. The molecule has 0 spiro atoms. The molecule has 6 nitrogen and oxygen atoms in total. The van der Waals surface area contributed by atoms with Gasteiger partial charge in [0.05, 0.1) is 12.6 Å². The molecule has 0 aliphatic rings. The number of hydrogen-bond donors (Lipinski definition) is 1. The van der Waals surface area contributed by atoms with E-state index in [0.717, 1.165) is 17.7 Å². The first-order valence-electron chi connectivity index (χ1n) is 6.98. The normalized spacial score (nSPS) is 11.8. The topological polar surface area (TPSA) is 81.7 Å². The first kappa shape index (κ1) is 18.7. The summed E-state index contributed by atoms with van der Waals surface area (Å²) in [4.78, 5) is 34.1. The molecular formula is C16H18ClNO5. The van der Waals surface area contributed by atoms with Gasteiger partial charge in [-0.05, 0) is 31.5 Å². The molecule has 0 aromatic heterocycles. The van der Waals surface area contributed by atoms with Crippen LogP contribution in [0.15, 0.2) is 36.4 Å². The standard InChI is InChI=1S/C16H18ClNO5/c1-3-22-15(20)7-8-16(21)23-10-14(19)18-11(2)12-5-4-6-13(17)9-12/h4-9,11H,3,10H2,1-2H3,(H,18,19)/b8-7+/t11-/m0/s1. The Morgan fingerprint density at radius 3 is 2.48 bits per heavy atom. The second-order valence-corrected chi connectivity index (χ2v) is 4.97. The van der Waals surface area contributed by atoms with Crippen LogP contribution in [-0.2, 0) is 23.9 Å². The highest BCUT2D eigenvalue weighted by Crippen LogP contribution is 2.17. The van der Waals surface area contributed by atoms with Crippen molar-refractivity contribution in [3.63, 3.8) is 0 Å². The highest BCUT2D eigenvalue weighted by molar-refractivity contribution is 6.30. The fraction of sp³-hybridized carbons (Fsp3) is 0.312. The summed E-state index contributed by atoms with van der Waals surface area (Å²) in [6, 6.07) is 6.79. The van der Waals surface area contributed by atoms with E-state index in [4.69, 9.17) is 16.3 Å². The fourth-order valence-corrected chi connectivity index (χ4v) is 1.85. The van der Waals surface area contributed by atoms with Crippen LogP contribution in [0.1, 0.15) is 25.5 Å². The molecule has 0 radical (unpaired) electrons. The van der Waals surface area contributed by atoms with E-state index in [1.165, 1.54) is 0 Å². The fourth-order valence-electron chi connectivity index (χ4n) is 1.65. The summed E-state index contributed by atoms with van der Waals surface area (Å²) >= 11 is 5.88. The number of halogens is 1. The third-order valence-corrected chi connectivity index (χ3v) is 2.95. The van der Waals surface area contributed by atoms with E-state index in [1.807, 2.05) is 6.07 Å². The van der Waals surface area contributed by atoms with Gasteiger partial charge in [-0.25, -0.2) is 9.59 Å². The Morgan fingerprint density at radius 1 is 1.22 bits per heavy atom. The van der Waals surface area contributed by atoms with Gasteiger partial charge in [-0.1, -0.05) is 23.7 Å². The molecule has 1 aromatic rings. The molecule has 0 unspecified atom stereocenters. The van der Waals surface area contributed by atoms with Gasteiger partial charge in [0.1, 0.15) is 0 Å². The maximum atomic E-state index is 11.7. The number of ether oxygens (including phenoxy) is 2. The average Bonchev–Trinajstić information content (AvgIpc) is 2.51. The molecule has 0 aliphatic heterocycles. The van der Waals surface area contributed by atoms with Gasteiger partial charge in [0.2, 0.25) is 0 Å². The van der Waals surface area contributed by atoms with Crippen LogP contribution in [0.3, 0.4) is 0 Å². The zero-order valence-electron chi connectivity index (χ0n) is 12.9. The first-order valence-corrected chi connectivity index (χ1v) is 7.36. The highest BCUT2D eigenvalue weighted by Gasteiger charge is 2.11. The van der Waals surface area contributed by atoms with Gasteiger partial charge in [0, 0.05) is 17.2 Å². The third-order valence-electron chi connectivity index (χ3n) is 2.71. The lowest BCUT2D eigenvalue weighted by Gasteiger charge is -2.14. The lowest BCUT2D eigenvalue weighted by Crippen LogP contribution is -2.30. The van der Waals surface area contributed by atoms with Gasteiger partial charge < -0.3 is 14.8 Å². The van der Waals surface area contributed by atoms with E-state index in [-0.39, 0.29) is 12.6 Å². The number of amides is 1. The Bertz CT molecular complexity index is 600. The number of rotatable bonds is 7. The van der Waals surface area contributed by atoms with Gasteiger partial charge >= 0.3 is 11.9 Å². The Morgan fingerprint density at radius 2 is 1.87 bits per heavy atom. The van der Waals surface area contributed by atoms with E-state index in [2.05, 4.69) is 10.1 Å². The number of carbonyl (C=O) groups excluding carboxylic acids is 3. The van der Waals surface area contributed by atoms with Crippen molar-refractivity contribution in [3.05, 3.63) is 47.0 Å². The summed E-state index contributed by atoms with van der Waals surface area (Å²) in [5.41, 5.74) is 0.833. The molecule has 1 atom stereocenters. The Hall–Kier alpha value is -2.34. The molecule has 1 N–H and O–H groups in total. The van der Waals surface area contributed by atoms with Crippen molar-refractivity contribution in [2.45, 2.75) is 19.9 Å². The van der Waals surface area contributed by atoms with Crippen LogP contribution in [0.25, 0.3) is 0 Å². The monoisotopic (exact) mass is 339 g/mol. The zero-order chi connectivity index (χ0) is 17.2. The largest absolute Gasteiger partial charge is 0.463 e. The van der Waals surface area contributed by atoms with Gasteiger partial charge in [0.25, 0.3) is 5.91 Å². The Balaban J connectivity index is 2.39. The van der Waals surface area contributed by atoms with Crippen LogP contribution >= 0.6 is 11.6 Å². The molecule has 1 aromatic carbocycles. The van der Waals surface area contributed by atoms with Crippen LogP contribution in [-0.4, -0.2) is 31.1 Å². The molecule has 0 saturated carbocycles. The minimum Gasteiger partial charge on any atom is -0.463 e. The van der Waals surface area contributed by atoms with Crippen LogP contribution < -0.4 is 5.32 Å². The van der Waals surface area contributed by atoms with Gasteiger partial charge in [-0.2, -0.15) is 0 Å². The van der Waals surface area contributed by atoms with E-state index in [1.54, 1.807) is 32.0 Å². The SMILES string of the molecule is CCOC(=O)/C=C/C(=O)OCC(=O)N[C@@H](C)c1cccc(Cl)c1. The minimum absolute atomic E-state index is 0.210. The average molecular weight is 340 g/mol. The van der Waals surface area contributed by atoms with Crippen LogP contribution in [0.4, 0.5) is 0 Å². The van der Waals surface area contributed by atoms with E-state index < -0.39 is 24.5 Å². The summed E-state index contributed by atoms with van der Waals surface area (Å²) in [5, 5.41) is 3.24. The van der Waals surface area contributed by atoms with Gasteiger partial charge in [-0.15, -0.1) is 0 Å². The zero-order valence-corrected chi connectivity index (χ0v) is 13.6. The molecule has 1 rings (SSSR count). The van der Waals surface area contributed by atoms with Crippen LogP contribution in [0.5, 0.6) is 0 Å². The Labute approximate surface area is 139 Å². The summed E-state index contributed by atoms with van der Waals surface area (Å²) in [5.74, 6) is -1.91. The molecule has 23 heavy (non-hydrogen) atoms. The second-order valence-electron chi connectivity index (χ2n) is 4.54. The van der Waals surface area contributed by atoms with Crippen molar-refractivity contribution in [1.82, 2.24) is 5.32 Å². The number of carbonyl (C=O) groups is 3. The summed E-state index contributed by atoms with van der Waals surface area (Å²) in [6.07, 6.45) is 1.85. The predicted octanol–water partition coefficient (Wildman–Crippen LogP) is 2.18. The predicted molar refractivity (Wildman–Crippen MR) is 84.7 cm³/mol. The minimum atomic E-state index is -0.802. The van der Waals surface area contributed by atoms with Crippen molar-refractivity contribution in [2.24, 2.45) is 0 Å². The van der Waals surface area contributed by atoms with E-state index >= 15 is 0 Å². The molecule has 0 heterocycles. The molecule has 0 bridgehead atoms. The van der Waals surface area contributed by atoms with Gasteiger partial charge in [-0.3, -0.25) is 4.79 Å². The number of nitrogens with one attached hydrogen (secondary N) is 1. The number of hydrogen-bond acceptors (Lipinski definition) is 5. The second kappa shape index (κ2) is 9.63. The van der Waals surface area contributed by atoms with E-state index in [9.17, 15) is 14.4 Å². The molecule has 7 heteroatoms. The smallest absolute Gasteiger partial charge is 0.331 e. The van der Waals surface area contributed by atoms with Crippen molar-refractivity contribution in [1.29, 1.82) is 0 Å². The summed E-state index contributed by atoms with van der Waals surface area (Å²) in [6.45, 7) is 3.19. The lowest BCUT2D eigenvalue weighted by atomic mass is 10.1. The van der Waals surface area contributed by atoms with E-state index in [0.29, 0.717) is 5.02 Å². The van der Waals surface area contributed by atoms with Crippen molar-refractivity contribution in [3.8, 4) is 0 Å². The van der Waals surface area contributed by atoms with Crippen molar-refractivity contribution >= 4 is 29.4 Å². The first-order chi connectivity index (χ1) is 10.9. The maximum Gasteiger partial charge on any atom is 0.331 e. The third kappa shape index (κ3) is 7.46. The van der Waals surface area contributed by atoms with Gasteiger partial charge in [0.15, 0.2) is 6.61 Å². The number of esters is 2. The molecule has 0 fully saturated rings. The molecule has 0 aliphatic carbocycles. The van der Waals surface area contributed by atoms with Crippen LogP contribution in [0, 0.1) is 0 Å². The van der Waals surface area contributed by atoms with Crippen molar-refractivity contribution in [2.75, 3.05) is 13.2 Å². The maximum absolute atomic E-state index is 11.7. The van der Waals surface area contributed by atoms with Crippen molar-refractivity contribution < 1.29 is 23.9 Å². The summed E-state index contributed by atoms with van der Waals surface area (Å²) in [7, 11) is 0. The Kier molecular flexibility index (Phi) is 7.83. The quantitative estimate of drug-likeness (QED) is 0.608. The molecule has 124 valence electrons. The molecular weight excluding hydrogens is 322 g/mol. The molecule has 1 amide bonds. The van der Waals surface area contributed by atoms with Crippen LogP contribution in [0.2, 0.25) is 5.02 Å². The number of benzene rings is 1. The summed E-state index contributed by atoms with van der Waals surface area (Å²) < 4.78 is 9.33. The lowest BCUT2D eigenvalue weighted by molar-refractivity contribution is -0.144.